The Morgan fingerprint density at radius 3 is 2.40 bits per heavy atom. The summed E-state index contributed by atoms with van der Waals surface area (Å²) in [6.45, 7) is 20.4. The van der Waals surface area contributed by atoms with Gasteiger partial charge in [0.1, 0.15) is 18.2 Å². The number of halogens is 2. The van der Waals surface area contributed by atoms with Crippen molar-refractivity contribution in [1.29, 1.82) is 5.26 Å². The standard InChI is InChI=1S/C37H51F2N9O4Si/c1-35(2,3)52-34(50)48-22-37(7,23-51-53(9,10)36(4,5)6)26-18-24(17-25(19-40)31(26)48)27-11-12-41-33(42-27)43-28-20-47(21-29(38)39)44-30(28)32(49)46-15-13-45(8)14-16-46/h11-12,17-18,20,29H,13-16,21-23H2,1-10H3,(H,41,42,43)/t37-/m1/s1. The van der Waals surface area contributed by atoms with E-state index >= 15 is 0 Å². The Morgan fingerprint density at radius 2 is 1.79 bits per heavy atom. The van der Waals surface area contributed by atoms with Gasteiger partial charge in [-0.25, -0.2) is 23.5 Å². The lowest BCUT2D eigenvalue weighted by atomic mass is 9.83. The Hall–Kier alpha value is -4.46. The Bertz CT molecular complexity index is 1890. The van der Waals surface area contributed by atoms with E-state index in [1.54, 1.807) is 37.8 Å². The normalized spacial score (nSPS) is 18.3. The molecule has 1 fully saturated rings. The molecule has 16 heteroatoms. The summed E-state index contributed by atoms with van der Waals surface area (Å²) in [7, 11) is -0.243. The van der Waals surface area contributed by atoms with Crippen molar-refractivity contribution >= 4 is 37.6 Å². The molecule has 1 atom stereocenters. The van der Waals surface area contributed by atoms with Gasteiger partial charge in [-0.3, -0.25) is 14.4 Å². The van der Waals surface area contributed by atoms with Crippen LogP contribution in [0.5, 0.6) is 0 Å². The van der Waals surface area contributed by atoms with Crippen LogP contribution in [0.15, 0.2) is 30.6 Å². The van der Waals surface area contributed by atoms with E-state index in [4.69, 9.17) is 14.1 Å². The predicted octanol–water partition coefficient (Wildman–Crippen LogP) is 6.64. The second-order valence-corrected chi connectivity index (χ2v) is 21.5. The lowest BCUT2D eigenvalue weighted by molar-refractivity contribution is 0.0574. The lowest BCUT2D eigenvalue weighted by Crippen LogP contribution is -2.47. The van der Waals surface area contributed by atoms with Crippen molar-refractivity contribution in [2.45, 2.75) is 90.6 Å². The Balaban J connectivity index is 1.53. The molecule has 4 heterocycles. The van der Waals surface area contributed by atoms with Crippen molar-refractivity contribution in [2.75, 3.05) is 56.6 Å². The fourth-order valence-corrected chi connectivity index (χ4v) is 7.16. The molecule has 53 heavy (non-hydrogen) atoms. The number of piperazine rings is 1. The van der Waals surface area contributed by atoms with Gasteiger partial charge in [0.15, 0.2) is 14.0 Å². The minimum absolute atomic E-state index is 0.00626. The Morgan fingerprint density at radius 1 is 1.11 bits per heavy atom. The third-order valence-corrected chi connectivity index (χ3v) is 14.6. The van der Waals surface area contributed by atoms with Crippen LogP contribution in [0.4, 0.5) is 30.9 Å². The van der Waals surface area contributed by atoms with Gasteiger partial charge in [0.2, 0.25) is 5.95 Å². The monoisotopic (exact) mass is 751 g/mol. The zero-order valence-electron chi connectivity index (χ0n) is 32.4. The van der Waals surface area contributed by atoms with E-state index in [0.29, 0.717) is 49.7 Å². The highest BCUT2D eigenvalue weighted by Gasteiger charge is 2.47. The maximum atomic E-state index is 13.6. The third-order valence-electron chi connectivity index (χ3n) is 10.1. The van der Waals surface area contributed by atoms with Crippen molar-refractivity contribution < 1.29 is 27.5 Å². The average molecular weight is 752 g/mol. The van der Waals surface area contributed by atoms with E-state index in [0.717, 1.165) is 10.2 Å². The van der Waals surface area contributed by atoms with Gasteiger partial charge in [0.25, 0.3) is 12.3 Å². The molecule has 0 spiro atoms. The number of nitrogens with zero attached hydrogens (tertiary/aromatic N) is 8. The highest BCUT2D eigenvalue weighted by Crippen LogP contribution is 2.47. The number of likely N-dealkylation sites (N-methyl/N-ethyl adjacent to an activating group) is 1. The largest absolute Gasteiger partial charge is 0.443 e. The molecule has 286 valence electrons. The molecule has 1 N–H and O–H groups in total. The van der Waals surface area contributed by atoms with Gasteiger partial charge in [0.05, 0.1) is 22.6 Å². The number of carbonyl (C=O) groups excluding carboxylic acids is 2. The number of amides is 2. The highest BCUT2D eigenvalue weighted by atomic mass is 28.4. The number of carbonyl (C=O) groups is 2. The van der Waals surface area contributed by atoms with E-state index in [1.807, 2.05) is 20.0 Å². The summed E-state index contributed by atoms with van der Waals surface area (Å²) < 4.78 is 40.3. The second-order valence-electron chi connectivity index (χ2n) is 16.7. The van der Waals surface area contributed by atoms with E-state index in [2.05, 4.69) is 60.2 Å². The molecular formula is C37H51F2N9O4Si. The van der Waals surface area contributed by atoms with Crippen molar-refractivity contribution in [1.82, 2.24) is 29.5 Å². The second kappa shape index (κ2) is 14.8. The molecule has 0 aliphatic carbocycles. The minimum atomic E-state index is -2.67. The highest BCUT2D eigenvalue weighted by molar-refractivity contribution is 6.74. The Labute approximate surface area is 311 Å². The number of hydrogen-bond donors (Lipinski definition) is 1. The van der Waals surface area contributed by atoms with Crippen LogP contribution in [0.2, 0.25) is 18.1 Å². The van der Waals surface area contributed by atoms with Crippen molar-refractivity contribution in [3.63, 3.8) is 0 Å². The molecule has 2 aromatic heterocycles. The number of ether oxygens (including phenoxy) is 1. The quantitative estimate of drug-likeness (QED) is 0.237. The zero-order chi connectivity index (χ0) is 39.1. The summed E-state index contributed by atoms with van der Waals surface area (Å²) in [5, 5.41) is 17.7. The number of nitriles is 1. The van der Waals surface area contributed by atoms with Crippen molar-refractivity contribution in [2.24, 2.45) is 0 Å². The summed E-state index contributed by atoms with van der Waals surface area (Å²) in [5.74, 6) is -0.277. The van der Waals surface area contributed by atoms with Crippen LogP contribution in [0, 0.1) is 11.3 Å². The third kappa shape index (κ3) is 8.85. The molecule has 3 aromatic rings. The van der Waals surface area contributed by atoms with Crippen LogP contribution < -0.4 is 10.2 Å². The molecule has 2 aliphatic rings. The van der Waals surface area contributed by atoms with Crippen LogP contribution in [-0.4, -0.2) is 108 Å². The van der Waals surface area contributed by atoms with E-state index in [-0.39, 0.29) is 40.4 Å². The number of nitrogens with one attached hydrogen (secondary N) is 1. The number of hydrogen-bond acceptors (Lipinski definition) is 10. The number of alkyl halides is 2. The molecule has 13 nitrogen and oxygen atoms in total. The molecule has 0 radical (unpaired) electrons. The van der Waals surface area contributed by atoms with Crippen LogP contribution in [0.3, 0.4) is 0 Å². The van der Waals surface area contributed by atoms with Gasteiger partial charge in [-0.15, -0.1) is 0 Å². The fourth-order valence-electron chi connectivity index (χ4n) is 6.05. The maximum absolute atomic E-state index is 13.6. The molecule has 5 rings (SSSR count). The predicted molar refractivity (Wildman–Crippen MR) is 201 cm³/mol. The number of benzene rings is 1. The minimum Gasteiger partial charge on any atom is -0.443 e. The molecule has 0 unspecified atom stereocenters. The average Bonchev–Trinajstić information content (AvgIpc) is 3.59. The van der Waals surface area contributed by atoms with Gasteiger partial charge in [-0.1, -0.05) is 27.7 Å². The van der Waals surface area contributed by atoms with E-state index < -0.39 is 38.4 Å². The fraction of sp³-hybridized carbons (Fsp3) is 0.568. The Kier molecular flexibility index (Phi) is 11.1. The first-order chi connectivity index (χ1) is 24.6. The molecule has 0 bridgehead atoms. The first-order valence-corrected chi connectivity index (χ1v) is 20.7. The summed E-state index contributed by atoms with van der Waals surface area (Å²) in [5.41, 5.74) is 1.27. The maximum Gasteiger partial charge on any atom is 0.414 e. The molecule has 1 aromatic carbocycles. The van der Waals surface area contributed by atoms with Crippen LogP contribution in [-0.2, 0) is 21.1 Å². The summed E-state index contributed by atoms with van der Waals surface area (Å²) >= 11 is 0. The van der Waals surface area contributed by atoms with E-state index in [1.165, 1.54) is 17.3 Å². The number of fused-ring (bicyclic) bond motifs is 1. The molecule has 2 amide bonds. The number of aromatic nitrogens is 4. The lowest BCUT2D eigenvalue weighted by Gasteiger charge is -2.39. The molecule has 1 saturated heterocycles. The topological polar surface area (TPSA) is 142 Å². The van der Waals surface area contributed by atoms with Crippen LogP contribution in [0.25, 0.3) is 11.3 Å². The SMILES string of the molecule is CN1CCN(C(=O)c2nn(CC(F)F)cc2Nc2nccc(-c3cc(C#N)c4c(c3)[C@@](C)(CO[Si](C)(C)C(C)(C)C)CN4C(=O)OC(C)(C)C)n2)CC1. The van der Waals surface area contributed by atoms with Gasteiger partial charge >= 0.3 is 6.09 Å². The molecule has 2 aliphatic heterocycles. The van der Waals surface area contributed by atoms with Crippen LogP contribution in [0.1, 0.15) is 70.1 Å². The van der Waals surface area contributed by atoms with Crippen LogP contribution >= 0.6 is 0 Å². The summed E-state index contributed by atoms with van der Waals surface area (Å²) in [4.78, 5) is 41.5. The number of anilines is 3. The van der Waals surface area contributed by atoms with Crippen molar-refractivity contribution in [3.8, 4) is 17.3 Å². The number of rotatable bonds is 9. The first kappa shape index (κ1) is 39.7. The van der Waals surface area contributed by atoms with Gasteiger partial charge in [-0.2, -0.15) is 10.4 Å². The van der Waals surface area contributed by atoms with Gasteiger partial charge in [-0.05, 0) is 69.7 Å². The summed E-state index contributed by atoms with van der Waals surface area (Å²) in [6, 6.07) is 7.57. The smallest absolute Gasteiger partial charge is 0.414 e. The van der Waals surface area contributed by atoms with Gasteiger partial charge in [0, 0.05) is 62.7 Å². The van der Waals surface area contributed by atoms with Gasteiger partial charge < -0.3 is 24.3 Å². The summed E-state index contributed by atoms with van der Waals surface area (Å²) in [6.07, 6.45) is -0.343. The first-order valence-electron chi connectivity index (χ1n) is 17.8. The van der Waals surface area contributed by atoms with E-state index in [9.17, 15) is 23.6 Å². The van der Waals surface area contributed by atoms with Crippen molar-refractivity contribution in [3.05, 3.63) is 47.4 Å². The molecular weight excluding hydrogens is 701 g/mol. The molecule has 0 saturated carbocycles. The zero-order valence-corrected chi connectivity index (χ0v) is 33.4.